The van der Waals surface area contributed by atoms with Gasteiger partial charge in [-0.05, 0) is 18.6 Å². The van der Waals surface area contributed by atoms with E-state index in [1.165, 1.54) is 5.01 Å². The summed E-state index contributed by atoms with van der Waals surface area (Å²) in [7, 11) is 3.41. The summed E-state index contributed by atoms with van der Waals surface area (Å²) >= 11 is 0. The molecule has 7 heteroatoms. The molecule has 20 heavy (non-hydrogen) atoms. The highest BCUT2D eigenvalue weighted by Crippen LogP contribution is 2.13. The Kier molecular flexibility index (Phi) is 5.79. The van der Waals surface area contributed by atoms with E-state index in [1.54, 1.807) is 32.4 Å². The van der Waals surface area contributed by atoms with Crippen molar-refractivity contribution in [1.29, 1.82) is 0 Å². The second-order valence-corrected chi connectivity index (χ2v) is 4.35. The molecule has 110 valence electrons. The van der Waals surface area contributed by atoms with Gasteiger partial charge in [-0.2, -0.15) is 0 Å². The van der Waals surface area contributed by atoms with Crippen LogP contribution in [-0.2, 0) is 4.79 Å². The molecule has 0 atom stereocenters. The van der Waals surface area contributed by atoms with Gasteiger partial charge in [0.05, 0.1) is 23.3 Å². The number of hydrogen-bond donors (Lipinski definition) is 4. The number of carbonyl (C=O) groups is 1. The van der Waals surface area contributed by atoms with Crippen LogP contribution in [0.25, 0.3) is 5.70 Å². The Balaban J connectivity index is 2.88. The standard InChI is InChI=1S/C13H22N6O/c1-4-5-11(20)18-9-6-7-10(17-8-9)12(14)13(16-2)19(3)15/h6-8,16H,4-5,14-15H2,1-3H3,(H,18,20)/b13-12-. The van der Waals surface area contributed by atoms with Gasteiger partial charge in [0.1, 0.15) is 5.82 Å². The quantitative estimate of drug-likeness (QED) is 0.444. The SMILES string of the molecule is CCCC(=O)Nc1ccc(/C(N)=C(\NC)N(C)N)nc1. The van der Waals surface area contributed by atoms with E-state index in [0.29, 0.717) is 29.3 Å². The fourth-order valence-corrected chi connectivity index (χ4v) is 1.70. The molecule has 1 aromatic rings. The molecule has 0 aliphatic carbocycles. The molecule has 0 saturated heterocycles. The lowest BCUT2D eigenvalue weighted by molar-refractivity contribution is -0.116. The van der Waals surface area contributed by atoms with Gasteiger partial charge in [0.15, 0.2) is 0 Å². The van der Waals surface area contributed by atoms with Crippen molar-refractivity contribution in [2.75, 3.05) is 19.4 Å². The average molecular weight is 278 g/mol. The summed E-state index contributed by atoms with van der Waals surface area (Å²) < 4.78 is 0. The minimum absolute atomic E-state index is 0.0248. The zero-order valence-corrected chi connectivity index (χ0v) is 12.1. The van der Waals surface area contributed by atoms with Gasteiger partial charge in [-0.1, -0.05) is 6.92 Å². The van der Waals surface area contributed by atoms with Crippen LogP contribution in [0.1, 0.15) is 25.5 Å². The van der Waals surface area contributed by atoms with E-state index in [-0.39, 0.29) is 5.91 Å². The Morgan fingerprint density at radius 1 is 1.45 bits per heavy atom. The number of hydrogen-bond acceptors (Lipinski definition) is 6. The predicted molar refractivity (Wildman–Crippen MR) is 79.9 cm³/mol. The fraction of sp³-hybridized carbons (Fsp3) is 0.385. The number of aromatic nitrogens is 1. The number of nitrogens with zero attached hydrogens (tertiary/aromatic N) is 2. The summed E-state index contributed by atoms with van der Waals surface area (Å²) in [5.74, 6) is 6.21. The third kappa shape index (κ3) is 4.13. The molecule has 0 radical (unpaired) electrons. The van der Waals surface area contributed by atoms with Crippen LogP contribution in [0, 0.1) is 0 Å². The van der Waals surface area contributed by atoms with Crippen molar-refractivity contribution >= 4 is 17.3 Å². The molecular formula is C13H22N6O. The highest BCUT2D eigenvalue weighted by molar-refractivity contribution is 5.90. The Morgan fingerprint density at radius 2 is 2.15 bits per heavy atom. The van der Waals surface area contributed by atoms with Crippen molar-refractivity contribution in [1.82, 2.24) is 15.3 Å². The summed E-state index contributed by atoms with van der Waals surface area (Å²) in [6.45, 7) is 1.95. The molecule has 0 spiro atoms. The Bertz CT molecular complexity index is 480. The van der Waals surface area contributed by atoms with E-state index in [1.807, 2.05) is 6.92 Å². The highest BCUT2D eigenvalue weighted by atomic mass is 16.1. The molecule has 0 fully saturated rings. The van der Waals surface area contributed by atoms with E-state index in [4.69, 9.17) is 11.6 Å². The summed E-state index contributed by atoms with van der Waals surface area (Å²) in [6, 6.07) is 3.49. The van der Waals surface area contributed by atoms with Gasteiger partial charge in [-0.3, -0.25) is 14.8 Å². The Morgan fingerprint density at radius 3 is 2.60 bits per heavy atom. The number of pyridine rings is 1. The Hall–Kier alpha value is -2.28. The first-order chi connectivity index (χ1) is 9.49. The summed E-state index contributed by atoms with van der Waals surface area (Å²) in [4.78, 5) is 15.7. The van der Waals surface area contributed by atoms with Crippen LogP contribution in [0.3, 0.4) is 0 Å². The molecule has 6 N–H and O–H groups in total. The number of nitrogens with one attached hydrogen (secondary N) is 2. The van der Waals surface area contributed by atoms with Gasteiger partial charge in [-0.25, -0.2) is 5.84 Å². The molecule has 0 saturated carbocycles. The molecule has 0 aliphatic rings. The Labute approximate surface area is 119 Å². The van der Waals surface area contributed by atoms with Crippen LogP contribution in [-0.4, -0.2) is 30.0 Å². The molecule has 0 unspecified atom stereocenters. The maximum absolute atomic E-state index is 11.5. The van der Waals surface area contributed by atoms with E-state index >= 15 is 0 Å². The van der Waals surface area contributed by atoms with Crippen molar-refractivity contribution in [3.63, 3.8) is 0 Å². The zero-order valence-electron chi connectivity index (χ0n) is 12.1. The first kappa shape index (κ1) is 15.8. The van der Waals surface area contributed by atoms with Gasteiger partial charge >= 0.3 is 0 Å². The zero-order chi connectivity index (χ0) is 15.1. The molecular weight excluding hydrogens is 256 g/mol. The minimum atomic E-state index is -0.0248. The molecule has 0 bridgehead atoms. The largest absolute Gasteiger partial charge is 0.394 e. The van der Waals surface area contributed by atoms with Gasteiger partial charge in [0, 0.05) is 20.5 Å². The minimum Gasteiger partial charge on any atom is -0.394 e. The van der Waals surface area contributed by atoms with Crippen LogP contribution in [0.5, 0.6) is 0 Å². The number of rotatable bonds is 6. The van der Waals surface area contributed by atoms with Crippen LogP contribution in [0.4, 0.5) is 5.69 Å². The third-order valence-corrected chi connectivity index (χ3v) is 2.64. The smallest absolute Gasteiger partial charge is 0.224 e. The lowest BCUT2D eigenvalue weighted by Gasteiger charge is -2.18. The second kappa shape index (κ2) is 7.34. The third-order valence-electron chi connectivity index (χ3n) is 2.64. The van der Waals surface area contributed by atoms with Crippen LogP contribution < -0.4 is 22.2 Å². The van der Waals surface area contributed by atoms with Crippen LogP contribution in [0.15, 0.2) is 24.2 Å². The molecule has 0 aliphatic heterocycles. The van der Waals surface area contributed by atoms with Gasteiger partial charge in [0.2, 0.25) is 5.91 Å². The van der Waals surface area contributed by atoms with E-state index in [2.05, 4.69) is 15.6 Å². The molecule has 1 aromatic heterocycles. The van der Waals surface area contributed by atoms with Crippen LogP contribution >= 0.6 is 0 Å². The van der Waals surface area contributed by atoms with Gasteiger partial charge in [0.25, 0.3) is 0 Å². The first-order valence-electron chi connectivity index (χ1n) is 6.41. The normalized spacial score (nSPS) is 11.6. The number of amides is 1. The molecule has 1 amide bonds. The van der Waals surface area contributed by atoms with E-state index in [9.17, 15) is 4.79 Å². The predicted octanol–water partition coefficient (Wildman–Crippen LogP) is 0.430. The lowest BCUT2D eigenvalue weighted by Crippen LogP contribution is -2.34. The van der Waals surface area contributed by atoms with Crippen molar-refractivity contribution in [2.24, 2.45) is 11.6 Å². The monoisotopic (exact) mass is 278 g/mol. The van der Waals surface area contributed by atoms with Crippen molar-refractivity contribution in [2.45, 2.75) is 19.8 Å². The maximum atomic E-state index is 11.5. The molecule has 1 heterocycles. The highest BCUT2D eigenvalue weighted by Gasteiger charge is 2.09. The van der Waals surface area contributed by atoms with Crippen LogP contribution in [0.2, 0.25) is 0 Å². The summed E-state index contributed by atoms with van der Waals surface area (Å²) in [5.41, 5.74) is 7.66. The average Bonchev–Trinajstić information content (AvgIpc) is 2.40. The number of anilines is 1. The summed E-state index contributed by atoms with van der Waals surface area (Å²) in [6.07, 6.45) is 2.87. The first-order valence-corrected chi connectivity index (χ1v) is 6.41. The van der Waals surface area contributed by atoms with Crippen molar-refractivity contribution < 1.29 is 4.79 Å². The number of nitrogens with two attached hydrogens (primary N) is 2. The number of carbonyl (C=O) groups excluding carboxylic acids is 1. The molecule has 0 aromatic carbocycles. The molecule has 1 rings (SSSR count). The van der Waals surface area contributed by atoms with Gasteiger partial charge < -0.3 is 16.4 Å². The second-order valence-electron chi connectivity index (χ2n) is 4.35. The topological polar surface area (TPSA) is 109 Å². The van der Waals surface area contributed by atoms with E-state index < -0.39 is 0 Å². The van der Waals surface area contributed by atoms with E-state index in [0.717, 1.165) is 6.42 Å². The van der Waals surface area contributed by atoms with Crippen molar-refractivity contribution in [3.8, 4) is 0 Å². The number of hydrazine groups is 1. The maximum Gasteiger partial charge on any atom is 0.224 e. The molecule has 7 nitrogen and oxygen atoms in total. The van der Waals surface area contributed by atoms with Gasteiger partial charge in [-0.15, -0.1) is 0 Å². The lowest BCUT2D eigenvalue weighted by atomic mass is 10.2. The summed E-state index contributed by atoms with van der Waals surface area (Å²) in [5, 5.41) is 7.06. The fourth-order valence-electron chi connectivity index (χ4n) is 1.70. The van der Waals surface area contributed by atoms with Crippen molar-refractivity contribution in [3.05, 3.63) is 29.8 Å².